The highest BCUT2D eigenvalue weighted by atomic mass is 16.1. The lowest BCUT2D eigenvalue weighted by molar-refractivity contribution is -0.118. The quantitative estimate of drug-likeness (QED) is 0.310. The lowest BCUT2D eigenvalue weighted by atomic mass is 10.1. The molecule has 0 fully saturated rings. The topological polar surface area (TPSA) is 43.1 Å². The molecule has 0 saturated heterocycles. The standard InChI is InChI=1S/C17H29NO/c1-2-3-4-5-6-7-8-9-10-11-12-13-14-15-16-17(18)19/h5-7,9H,2-4,10-16H2,1H3,(H2,18,19)/b6-5+. The minimum Gasteiger partial charge on any atom is -0.370 e. The van der Waals surface area contributed by atoms with Gasteiger partial charge in [0.25, 0.3) is 0 Å². The van der Waals surface area contributed by atoms with Gasteiger partial charge in [-0.05, 0) is 37.8 Å². The van der Waals surface area contributed by atoms with E-state index in [0.717, 1.165) is 19.3 Å². The summed E-state index contributed by atoms with van der Waals surface area (Å²) < 4.78 is 0. The number of carbonyl (C=O) groups is 1. The van der Waals surface area contributed by atoms with E-state index in [1.54, 1.807) is 0 Å². The molecule has 0 aromatic rings. The third-order valence-corrected chi connectivity index (χ3v) is 2.94. The maximum atomic E-state index is 10.5. The molecule has 0 rings (SSSR count). The van der Waals surface area contributed by atoms with Gasteiger partial charge < -0.3 is 5.73 Å². The van der Waals surface area contributed by atoms with E-state index in [-0.39, 0.29) is 5.91 Å². The van der Waals surface area contributed by atoms with Gasteiger partial charge in [0.15, 0.2) is 0 Å². The van der Waals surface area contributed by atoms with E-state index < -0.39 is 0 Å². The second kappa shape index (κ2) is 14.8. The zero-order chi connectivity index (χ0) is 14.2. The maximum Gasteiger partial charge on any atom is 0.217 e. The van der Waals surface area contributed by atoms with Crippen molar-refractivity contribution in [3.05, 3.63) is 30.0 Å². The average molecular weight is 263 g/mol. The predicted molar refractivity (Wildman–Crippen MR) is 82.8 cm³/mol. The van der Waals surface area contributed by atoms with Crippen LogP contribution in [-0.4, -0.2) is 5.91 Å². The molecule has 1 amide bonds. The van der Waals surface area contributed by atoms with E-state index in [9.17, 15) is 4.79 Å². The summed E-state index contributed by atoms with van der Waals surface area (Å²) in [5, 5.41) is 0. The van der Waals surface area contributed by atoms with Gasteiger partial charge in [0, 0.05) is 6.42 Å². The first-order chi connectivity index (χ1) is 9.27. The Hall–Kier alpha value is -1.27. The van der Waals surface area contributed by atoms with Crippen molar-refractivity contribution in [1.82, 2.24) is 0 Å². The maximum absolute atomic E-state index is 10.5. The zero-order valence-electron chi connectivity index (χ0n) is 12.4. The molecule has 0 aliphatic rings. The molecule has 108 valence electrons. The second-order valence-corrected chi connectivity index (χ2v) is 4.88. The number of hydrogen-bond acceptors (Lipinski definition) is 1. The highest BCUT2D eigenvalue weighted by Crippen LogP contribution is 2.07. The number of amides is 1. The van der Waals surface area contributed by atoms with Crippen molar-refractivity contribution in [3.8, 4) is 0 Å². The highest BCUT2D eigenvalue weighted by Gasteiger charge is 1.93. The summed E-state index contributed by atoms with van der Waals surface area (Å²) >= 11 is 0. The van der Waals surface area contributed by atoms with Gasteiger partial charge in [0.1, 0.15) is 0 Å². The fourth-order valence-electron chi connectivity index (χ4n) is 1.77. The zero-order valence-corrected chi connectivity index (χ0v) is 12.4. The molecule has 0 heterocycles. The SMILES string of the molecule is CCCC/C=C/C=C=CCCCCCCCC(N)=O. The number of hydrogen-bond donors (Lipinski definition) is 1. The smallest absolute Gasteiger partial charge is 0.217 e. The van der Waals surface area contributed by atoms with E-state index >= 15 is 0 Å². The minimum absolute atomic E-state index is 0.180. The first kappa shape index (κ1) is 17.7. The fraction of sp³-hybridized carbons (Fsp3) is 0.647. The molecular weight excluding hydrogens is 234 g/mol. The van der Waals surface area contributed by atoms with E-state index in [4.69, 9.17) is 5.73 Å². The first-order valence-electron chi connectivity index (χ1n) is 7.61. The molecule has 19 heavy (non-hydrogen) atoms. The highest BCUT2D eigenvalue weighted by molar-refractivity contribution is 5.73. The molecule has 0 aromatic heterocycles. The molecule has 0 unspecified atom stereocenters. The molecule has 2 heteroatoms. The van der Waals surface area contributed by atoms with Crippen LogP contribution in [0.4, 0.5) is 0 Å². The summed E-state index contributed by atoms with van der Waals surface area (Å²) in [5.74, 6) is -0.180. The largest absolute Gasteiger partial charge is 0.370 e. The second-order valence-electron chi connectivity index (χ2n) is 4.88. The van der Waals surface area contributed by atoms with Crippen LogP contribution in [0.5, 0.6) is 0 Å². The van der Waals surface area contributed by atoms with Crippen LogP contribution in [0.15, 0.2) is 30.0 Å². The summed E-state index contributed by atoms with van der Waals surface area (Å²) in [7, 11) is 0. The van der Waals surface area contributed by atoms with Crippen molar-refractivity contribution in [1.29, 1.82) is 0 Å². The molecular formula is C17H29NO. The van der Waals surface area contributed by atoms with E-state index in [1.807, 2.05) is 6.08 Å². The number of nitrogens with two attached hydrogens (primary N) is 1. The van der Waals surface area contributed by atoms with Crippen molar-refractivity contribution in [2.45, 2.75) is 71.1 Å². The summed E-state index contributed by atoms with van der Waals surface area (Å²) in [4.78, 5) is 10.5. The lowest BCUT2D eigenvalue weighted by Gasteiger charge is -1.97. The van der Waals surface area contributed by atoms with Crippen LogP contribution in [0.1, 0.15) is 71.1 Å². The van der Waals surface area contributed by atoms with Crippen molar-refractivity contribution >= 4 is 5.91 Å². The average Bonchev–Trinajstić information content (AvgIpc) is 2.39. The first-order valence-corrected chi connectivity index (χ1v) is 7.61. The molecule has 0 aromatic carbocycles. The van der Waals surface area contributed by atoms with Crippen LogP contribution in [-0.2, 0) is 4.79 Å². The molecule has 0 aliphatic heterocycles. The van der Waals surface area contributed by atoms with Crippen LogP contribution in [0.25, 0.3) is 0 Å². The Morgan fingerprint density at radius 1 is 1.05 bits per heavy atom. The normalized spacial score (nSPS) is 10.4. The van der Waals surface area contributed by atoms with Gasteiger partial charge >= 0.3 is 0 Å². The Labute approximate surface area is 118 Å². The monoisotopic (exact) mass is 263 g/mol. The van der Waals surface area contributed by atoms with Gasteiger partial charge in [0.05, 0.1) is 0 Å². The third-order valence-electron chi connectivity index (χ3n) is 2.94. The molecule has 0 spiro atoms. The Kier molecular flexibility index (Phi) is 13.8. The van der Waals surface area contributed by atoms with Gasteiger partial charge in [0.2, 0.25) is 5.91 Å². The van der Waals surface area contributed by atoms with E-state index in [0.29, 0.717) is 6.42 Å². The van der Waals surface area contributed by atoms with Crippen molar-refractivity contribution in [2.24, 2.45) is 5.73 Å². The van der Waals surface area contributed by atoms with Crippen molar-refractivity contribution in [3.63, 3.8) is 0 Å². The summed E-state index contributed by atoms with van der Waals surface area (Å²) in [6.45, 7) is 2.21. The number of rotatable bonds is 12. The van der Waals surface area contributed by atoms with Crippen LogP contribution >= 0.6 is 0 Å². The molecule has 2 N–H and O–H groups in total. The van der Waals surface area contributed by atoms with Crippen molar-refractivity contribution in [2.75, 3.05) is 0 Å². The molecule has 0 bridgehead atoms. The molecule has 0 aliphatic carbocycles. The van der Waals surface area contributed by atoms with Crippen molar-refractivity contribution < 1.29 is 4.79 Å². The van der Waals surface area contributed by atoms with Crippen LogP contribution in [0, 0.1) is 0 Å². The third kappa shape index (κ3) is 16.7. The lowest BCUT2D eigenvalue weighted by Crippen LogP contribution is -2.09. The summed E-state index contributed by atoms with van der Waals surface area (Å²) in [6, 6.07) is 0. The molecule has 2 nitrogen and oxygen atoms in total. The Bertz CT molecular complexity index is 298. The predicted octanol–water partition coefficient (Wildman–Crippen LogP) is 4.66. The van der Waals surface area contributed by atoms with Crippen LogP contribution < -0.4 is 5.73 Å². The minimum atomic E-state index is -0.180. The van der Waals surface area contributed by atoms with Crippen LogP contribution in [0.2, 0.25) is 0 Å². The fourth-order valence-corrected chi connectivity index (χ4v) is 1.77. The molecule has 0 radical (unpaired) electrons. The van der Waals surface area contributed by atoms with Gasteiger partial charge in [-0.2, -0.15) is 0 Å². The number of allylic oxidation sites excluding steroid dienone is 3. The Morgan fingerprint density at radius 2 is 1.79 bits per heavy atom. The Morgan fingerprint density at radius 3 is 2.53 bits per heavy atom. The van der Waals surface area contributed by atoms with E-state index in [2.05, 4.69) is 30.9 Å². The Balaban J connectivity index is 3.31. The van der Waals surface area contributed by atoms with Crippen LogP contribution in [0.3, 0.4) is 0 Å². The van der Waals surface area contributed by atoms with Gasteiger partial charge in [-0.3, -0.25) is 4.79 Å². The van der Waals surface area contributed by atoms with Gasteiger partial charge in [-0.15, -0.1) is 5.73 Å². The van der Waals surface area contributed by atoms with E-state index in [1.165, 1.54) is 38.5 Å². The number of carbonyl (C=O) groups excluding carboxylic acids is 1. The van der Waals surface area contributed by atoms with Gasteiger partial charge in [-0.25, -0.2) is 0 Å². The number of primary amides is 1. The summed E-state index contributed by atoms with van der Waals surface area (Å²) in [5.41, 5.74) is 8.26. The van der Waals surface area contributed by atoms with Gasteiger partial charge in [-0.1, -0.05) is 51.2 Å². The molecule has 0 saturated carbocycles. The summed E-state index contributed by atoms with van der Waals surface area (Å²) in [6.07, 6.45) is 19.4. The molecule has 0 atom stereocenters. The number of unbranched alkanes of at least 4 members (excludes halogenated alkanes) is 7.